The van der Waals surface area contributed by atoms with Gasteiger partial charge in [0, 0.05) is 32.1 Å². The lowest BCUT2D eigenvalue weighted by Crippen LogP contribution is -2.12. The number of nitrogens with zero attached hydrogens (tertiary/aromatic N) is 3. The van der Waals surface area contributed by atoms with Crippen LogP contribution < -0.4 is 5.32 Å². The molecule has 0 bridgehead atoms. The van der Waals surface area contributed by atoms with Crippen molar-refractivity contribution < 1.29 is 9.53 Å². The predicted molar refractivity (Wildman–Crippen MR) is 91.5 cm³/mol. The van der Waals surface area contributed by atoms with Gasteiger partial charge in [0.05, 0.1) is 24.2 Å². The molecule has 0 atom stereocenters. The number of aromatic nitrogens is 3. The zero-order valence-corrected chi connectivity index (χ0v) is 13.6. The Bertz CT molecular complexity index is 857. The number of methoxy groups -OCH3 is 1. The Kier molecular flexibility index (Phi) is 4.67. The fourth-order valence-corrected chi connectivity index (χ4v) is 2.49. The minimum absolute atomic E-state index is 0.177. The average Bonchev–Trinajstić information content (AvgIpc) is 3.00. The Morgan fingerprint density at radius 2 is 2.12 bits per heavy atom. The van der Waals surface area contributed by atoms with Crippen molar-refractivity contribution >= 4 is 11.6 Å². The molecule has 0 aliphatic rings. The number of pyridine rings is 1. The van der Waals surface area contributed by atoms with Gasteiger partial charge in [-0.05, 0) is 29.3 Å². The summed E-state index contributed by atoms with van der Waals surface area (Å²) in [4.78, 5) is 16.9. The molecule has 1 amide bonds. The lowest BCUT2D eigenvalue weighted by molar-refractivity contribution is 0.102. The van der Waals surface area contributed by atoms with Crippen LogP contribution in [0.4, 0.5) is 5.69 Å². The van der Waals surface area contributed by atoms with E-state index in [1.165, 1.54) is 0 Å². The van der Waals surface area contributed by atoms with E-state index >= 15 is 0 Å². The Morgan fingerprint density at radius 1 is 1.29 bits per heavy atom. The highest BCUT2D eigenvalue weighted by molar-refractivity contribution is 6.08. The van der Waals surface area contributed by atoms with Crippen LogP contribution in [0.15, 0.2) is 55.0 Å². The molecule has 0 unspecified atom stereocenters. The van der Waals surface area contributed by atoms with Crippen LogP contribution in [0.1, 0.15) is 16.1 Å². The number of aryl methyl sites for hydroxylation is 1. The van der Waals surface area contributed by atoms with Gasteiger partial charge < -0.3 is 10.1 Å². The standard InChI is InChI=1S/C18H18N4O2/c1-22-11-15(10-20-22)21-18(23)17-6-4-3-5-16(17)13-7-8-19-14(9-13)12-24-2/h3-11H,12H2,1-2H3,(H,21,23). The van der Waals surface area contributed by atoms with Crippen LogP contribution in [-0.4, -0.2) is 27.8 Å². The first-order valence-corrected chi connectivity index (χ1v) is 7.50. The van der Waals surface area contributed by atoms with Crippen LogP contribution >= 0.6 is 0 Å². The number of carbonyl (C=O) groups excluding carboxylic acids is 1. The van der Waals surface area contributed by atoms with Gasteiger partial charge >= 0.3 is 0 Å². The molecule has 3 rings (SSSR count). The molecule has 2 heterocycles. The molecule has 0 saturated heterocycles. The first-order valence-electron chi connectivity index (χ1n) is 7.50. The van der Waals surface area contributed by atoms with Crippen LogP contribution in [-0.2, 0) is 18.4 Å². The molecule has 1 N–H and O–H groups in total. The van der Waals surface area contributed by atoms with Gasteiger partial charge in [-0.2, -0.15) is 5.10 Å². The molecule has 0 spiro atoms. The van der Waals surface area contributed by atoms with Crippen LogP contribution in [0.5, 0.6) is 0 Å². The quantitative estimate of drug-likeness (QED) is 0.784. The first kappa shape index (κ1) is 15.9. The molecule has 0 aliphatic carbocycles. The zero-order chi connectivity index (χ0) is 16.9. The van der Waals surface area contributed by atoms with Crippen molar-refractivity contribution in [2.45, 2.75) is 6.61 Å². The molecule has 6 nitrogen and oxygen atoms in total. The zero-order valence-electron chi connectivity index (χ0n) is 13.6. The minimum Gasteiger partial charge on any atom is -0.378 e. The Hall–Kier alpha value is -2.99. The second-order valence-electron chi connectivity index (χ2n) is 5.37. The maximum Gasteiger partial charge on any atom is 0.256 e. The smallest absolute Gasteiger partial charge is 0.256 e. The van der Waals surface area contributed by atoms with E-state index < -0.39 is 0 Å². The van der Waals surface area contributed by atoms with Crippen molar-refractivity contribution in [3.8, 4) is 11.1 Å². The number of amides is 1. The summed E-state index contributed by atoms with van der Waals surface area (Å²) in [6.07, 6.45) is 5.09. The number of hydrogen-bond acceptors (Lipinski definition) is 4. The monoisotopic (exact) mass is 322 g/mol. The van der Waals surface area contributed by atoms with E-state index in [4.69, 9.17) is 4.74 Å². The molecule has 0 saturated carbocycles. The average molecular weight is 322 g/mol. The van der Waals surface area contributed by atoms with Crippen molar-refractivity contribution in [3.63, 3.8) is 0 Å². The fraction of sp³-hybridized carbons (Fsp3) is 0.167. The topological polar surface area (TPSA) is 69.0 Å². The van der Waals surface area contributed by atoms with Gasteiger partial charge in [-0.3, -0.25) is 14.5 Å². The lowest BCUT2D eigenvalue weighted by atomic mass is 9.99. The molecule has 3 aromatic rings. The summed E-state index contributed by atoms with van der Waals surface area (Å²) in [6, 6.07) is 11.3. The number of benzene rings is 1. The molecule has 0 fully saturated rings. The molecule has 0 aliphatic heterocycles. The van der Waals surface area contributed by atoms with Crippen molar-refractivity contribution in [1.82, 2.24) is 14.8 Å². The van der Waals surface area contributed by atoms with Gasteiger partial charge in [-0.15, -0.1) is 0 Å². The van der Waals surface area contributed by atoms with Crippen LogP contribution in [0.2, 0.25) is 0 Å². The summed E-state index contributed by atoms with van der Waals surface area (Å²) in [5.74, 6) is -0.177. The lowest BCUT2D eigenvalue weighted by Gasteiger charge is -2.10. The van der Waals surface area contributed by atoms with Crippen molar-refractivity contribution in [2.75, 3.05) is 12.4 Å². The summed E-state index contributed by atoms with van der Waals surface area (Å²) in [5.41, 5.74) is 3.84. The summed E-state index contributed by atoms with van der Waals surface area (Å²) in [6.45, 7) is 0.428. The number of ether oxygens (including phenoxy) is 1. The minimum atomic E-state index is -0.177. The van der Waals surface area contributed by atoms with E-state index in [0.717, 1.165) is 16.8 Å². The van der Waals surface area contributed by atoms with E-state index in [1.807, 2.05) is 30.3 Å². The third-order valence-electron chi connectivity index (χ3n) is 3.55. The second-order valence-corrected chi connectivity index (χ2v) is 5.37. The van der Waals surface area contributed by atoms with Crippen LogP contribution in [0.25, 0.3) is 11.1 Å². The van der Waals surface area contributed by atoms with E-state index in [1.54, 1.807) is 43.5 Å². The normalized spacial score (nSPS) is 10.6. The first-order chi connectivity index (χ1) is 11.7. The van der Waals surface area contributed by atoms with Crippen LogP contribution in [0, 0.1) is 0 Å². The van der Waals surface area contributed by atoms with Gasteiger partial charge in [0.25, 0.3) is 5.91 Å². The van der Waals surface area contributed by atoms with Gasteiger partial charge in [-0.25, -0.2) is 0 Å². The van der Waals surface area contributed by atoms with Crippen molar-refractivity contribution in [1.29, 1.82) is 0 Å². The molecule has 6 heteroatoms. The number of carbonyl (C=O) groups is 1. The van der Waals surface area contributed by atoms with Gasteiger partial charge in [0.1, 0.15) is 0 Å². The number of anilines is 1. The van der Waals surface area contributed by atoms with E-state index in [0.29, 0.717) is 17.9 Å². The van der Waals surface area contributed by atoms with E-state index in [-0.39, 0.29) is 5.91 Å². The van der Waals surface area contributed by atoms with Crippen molar-refractivity contribution in [3.05, 3.63) is 66.2 Å². The SMILES string of the molecule is COCc1cc(-c2ccccc2C(=O)Nc2cnn(C)c2)ccn1. The Balaban J connectivity index is 1.92. The summed E-state index contributed by atoms with van der Waals surface area (Å²) < 4.78 is 6.77. The highest BCUT2D eigenvalue weighted by atomic mass is 16.5. The molecule has 0 radical (unpaired) electrons. The molecule has 24 heavy (non-hydrogen) atoms. The number of hydrogen-bond donors (Lipinski definition) is 1. The maximum absolute atomic E-state index is 12.6. The van der Waals surface area contributed by atoms with Gasteiger partial charge in [-0.1, -0.05) is 18.2 Å². The Labute approximate surface area is 140 Å². The molecular weight excluding hydrogens is 304 g/mol. The Morgan fingerprint density at radius 3 is 2.88 bits per heavy atom. The number of rotatable bonds is 5. The maximum atomic E-state index is 12.6. The molecular formula is C18H18N4O2. The molecule has 1 aromatic carbocycles. The predicted octanol–water partition coefficient (Wildman–Crippen LogP) is 2.88. The van der Waals surface area contributed by atoms with E-state index in [2.05, 4.69) is 15.4 Å². The second kappa shape index (κ2) is 7.06. The summed E-state index contributed by atoms with van der Waals surface area (Å²) in [5, 5.41) is 6.92. The molecule has 2 aromatic heterocycles. The number of nitrogens with one attached hydrogen (secondary N) is 1. The van der Waals surface area contributed by atoms with Crippen molar-refractivity contribution in [2.24, 2.45) is 7.05 Å². The third kappa shape index (κ3) is 3.49. The van der Waals surface area contributed by atoms with Gasteiger partial charge in [0.15, 0.2) is 0 Å². The highest BCUT2D eigenvalue weighted by Gasteiger charge is 2.13. The third-order valence-corrected chi connectivity index (χ3v) is 3.55. The highest BCUT2D eigenvalue weighted by Crippen LogP contribution is 2.25. The fourth-order valence-electron chi connectivity index (χ4n) is 2.49. The van der Waals surface area contributed by atoms with E-state index in [9.17, 15) is 4.79 Å². The summed E-state index contributed by atoms with van der Waals surface area (Å²) in [7, 11) is 3.43. The molecule has 122 valence electrons. The van der Waals surface area contributed by atoms with Gasteiger partial charge in [0.2, 0.25) is 0 Å². The van der Waals surface area contributed by atoms with Crippen LogP contribution in [0.3, 0.4) is 0 Å². The summed E-state index contributed by atoms with van der Waals surface area (Å²) >= 11 is 0. The largest absolute Gasteiger partial charge is 0.378 e.